The average molecular weight is 226 g/mol. The van der Waals surface area contributed by atoms with Gasteiger partial charge in [0.2, 0.25) is 0 Å². The fourth-order valence-electron chi connectivity index (χ4n) is 1.83. The van der Waals surface area contributed by atoms with Crippen LogP contribution in [0, 0.1) is 5.92 Å². The molecule has 0 radical (unpaired) electrons. The minimum absolute atomic E-state index is 0.0315. The summed E-state index contributed by atoms with van der Waals surface area (Å²) in [4.78, 5) is 10.8. The van der Waals surface area contributed by atoms with Gasteiger partial charge in [-0.25, -0.2) is 0 Å². The van der Waals surface area contributed by atoms with Gasteiger partial charge in [-0.3, -0.25) is 4.79 Å². The lowest BCUT2D eigenvalue weighted by atomic mass is 9.99. The van der Waals surface area contributed by atoms with Crippen LogP contribution in [0.15, 0.2) is 18.2 Å². The van der Waals surface area contributed by atoms with Gasteiger partial charge in [-0.2, -0.15) is 0 Å². The molecule has 2 N–H and O–H groups in total. The maximum atomic E-state index is 10.8. The maximum Gasteiger partial charge on any atom is 0.308 e. The van der Waals surface area contributed by atoms with Crippen LogP contribution in [0.5, 0.6) is 0 Å². The number of hydrogen-bond donors (Lipinski definition) is 2. The number of carbonyl (C=O) groups is 1. The Morgan fingerprint density at radius 2 is 2.40 bits per heavy atom. The van der Waals surface area contributed by atoms with Crippen LogP contribution < -0.4 is 5.32 Å². The lowest BCUT2D eigenvalue weighted by Gasteiger charge is -2.15. The van der Waals surface area contributed by atoms with E-state index >= 15 is 0 Å². The zero-order valence-corrected chi connectivity index (χ0v) is 9.08. The van der Waals surface area contributed by atoms with Crippen molar-refractivity contribution in [1.29, 1.82) is 0 Å². The van der Waals surface area contributed by atoms with E-state index in [0.29, 0.717) is 5.02 Å². The number of nitrogens with one attached hydrogen (secondary N) is 1. The van der Waals surface area contributed by atoms with Gasteiger partial charge in [-0.05, 0) is 37.1 Å². The van der Waals surface area contributed by atoms with Crippen LogP contribution in [-0.4, -0.2) is 17.1 Å². The molecule has 1 aromatic rings. The highest BCUT2D eigenvalue weighted by atomic mass is 35.5. The van der Waals surface area contributed by atoms with Gasteiger partial charge in [0.05, 0.1) is 5.92 Å². The molecule has 0 bridgehead atoms. The van der Waals surface area contributed by atoms with Crippen LogP contribution in [-0.2, 0) is 11.2 Å². The van der Waals surface area contributed by atoms with Crippen LogP contribution in [0.25, 0.3) is 0 Å². The van der Waals surface area contributed by atoms with Crippen LogP contribution >= 0.6 is 11.6 Å². The number of carboxylic acid groups (broad SMARTS) is 1. The summed E-state index contributed by atoms with van der Waals surface area (Å²) in [6, 6.07) is 5.56. The van der Waals surface area contributed by atoms with E-state index < -0.39 is 11.9 Å². The summed E-state index contributed by atoms with van der Waals surface area (Å²) in [5.41, 5.74) is 2.10. The van der Waals surface area contributed by atoms with Crippen molar-refractivity contribution in [2.24, 2.45) is 5.92 Å². The minimum atomic E-state index is -0.772. The summed E-state index contributed by atoms with van der Waals surface area (Å²) < 4.78 is 0. The van der Waals surface area contributed by atoms with E-state index in [4.69, 9.17) is 16.7 Å². The van der Waals surface area contributed by atoms with Gasteiger partial charge in [-0.1, -0.05) is 11.6 Å². The monoisotopic (exact) mass is 225 g/mol. The Kier molecular flexibility index (Phi) is 2.57. The second-order valence-corrected chi connectivity index (χ2v) is 4.32. The Morgan fingerprint density at radius 3 is 3.07 bits per heavy atom. The quantitative estimate of drug-likeness (QED) is 0.813. The zero-order chi connectivity index (χ0) is 11.0. The van der Waals surface area contributed by atoms with Crippen molar-refractivity contribution in [2.45, 2.75) is 19.4 Å². The number of hydrogen-bond acceptors (Lipinski definition) is 2. The van der Waals surface area contributed by atoms with E-state index in [1.807, 2.05) is 12.1 Å². The molecule has 2 unspecified atom stereocenters. The van der Waals surface area contributed by atoms with E-state index in [1.165, 1.54) is 0 Å². The Labute approximate surface area is 93.1 Å². The molecule has 15 heavy (non-hydrogen) atoms. The summed E-state index contributed by atoms with van der Waals surface area (Å²) in [6.45, 7) is 1.72. The number of rotatable bonds is 2. The van der Waals surface area contributed by atoms with Gasteiger partial charge >= 0.3 is 5.97 Å². The largest absolute Gasteiger partial charge is 0.481 e. The summed E-state index contributed by atoms with van der Waals surface area (Å²) in [7, 11) is 0. The van der Waals surface area contributed by atoms with E-state index in [1.54, 1.807) is 13.0 Å². The van der Waals surface area contributed by atoms with Crippen LogP contribution in [0.1, 0.15) is 12.5 Å². The van der Waals surface area contributed by atoms with E-state index in [0.717, 1.165) is 17.7 Å². The van der Waals surface area contributed by atoms with Crippen LogP contribution in [0.2, 0.25) is 5.02 Å². The van der Waals surface area contributed by atoms with E-state index in [9.17, 15) is 4.79 Å². The van der Waals surface area contributed by atoms with Gasteiger partial charge < -0.3 is 10.4 Å². The molecule has 2 atom stereocenters. The molecule has 1 aliphatic rings. The lowest BCUT2D eigenvalue weighted by Crippen LogP contribution is -2.30. The first kappa shape index (κ1) is 10.3. The Balaban J connectivity index is 2.19. The molecule has 0 saturated heterocycles. The first-order valence-corrected chi connectivity index (χ1v) is 5.23. The molecule has 1 aromatic carbocycles. The molecular weight excluding hydrogens is 214 g/mol. The van der Waals surface area contributed by atoms with Gasteiger partial charge in [0, 0.05) is 16.8 Å². The van der Waals surface area contributed by atoms with Gasteiger partial charge in [0.25, 0.3) is 0 Å². The topological polar surface area (TPSA) is 49.3 Å². The molecular formula is C11H12ClNO2. The van der Waals surface area contributed by atoms with Crippen molar-refractivity contribution in [1.82, 2.24) is 0 Å². The highest BCUT2D eigenvalue weighted by Crippen LogP contribution is 2.31. The molecule has 0 aliphatic carbocycles. The number of anilines is 1. The second-order valence-electron chi connectivity index (χ2n) is 3.88. The van der Waals surface area contributed by atoms with Gasteiger partial charge in [0.1, 0.15) is 0 Å². The molecule has 0 aromatic heterocycles. The minimum Gasteiger partial charge on any atom is -0.481 e. The normalized spacial score (nSPS) is 20.5. The predicted molar refractivity (Wildman–Crippen MR) is 59.4 cm³/mol. The Morgan fingerprint density at radius 1 is 1.67 bits per heavy atom. The highest BCUT2D eigenvalue weighted by molar-refractivity contribution is 6.30. The molecule has 2 rings (SSSR count). The van der Waals surface area contributed by atoms with Crippen LogP contribution in [0.4, 0.5) is 5.69 Å². The predicted octanol–water partition coefficient (Wildman–Crippen LogP) is 2.40. The summed E-state index contributed by atoms with van der Waals surface area (Å²) in [5, 5.41) is 12.8. The SMILES string of the molecule is CC(C(=O)O)C1Cc2cc(Cl)ccc2N1. The Hall–Kier alpha value is -1.22. The molecule has 1 aliphatic heterocycles. The molecule has 80 valence electrons. The first-order valence-electron chi connectivity index (χ1n) is 4.85. The van der Waals surface area contributed by atoms with Crippen LogP contribution in [0.3, 0.4) is 0 Å². The number of halogens is 1. The van der Waals surface area contributed by atoms with E-state index in [-0.39, 0.29) is 6.04 Å². The smallest absolute Gasteiger partial charge is 0.308 e. The maximum absolute atomic E-state index is 10.8. The first-order chi connectivity index (χ1) is 7.08. The standard InChI is InChI=1S/C11H12ClNO2/c1-6(11(14)15)10-5-7-4-8(12)2-3-9(7)13-10/h2-4,6,10,13H,5H2,1H3,(H,14,15). The van der Waals surface area contributed by atoms with Crippen molar-refractivity contribution in [2.75, 3.05) is 5.32 Å². The summed E-state index contributed by atoms with van der Waals surface area (Å²) in [5.74, 6) is -1.16. The molecule has 1 heterocycles. The number of fused-ring (bicyclic) bond motifs is 1. The number of benzene rings is 1. The molecule has 0 saturated carbocycles. The third-order valence-electron chi connectivity index (χ3n) is 2.84. The van der Waals surface area contributed by atoms with Crippen molar-refractivity contribution in [3.8, 4) is 0 Å². The number of aliphatic carboxylic acids is 1. The third kappa shape index (κ3) is 1.92. The zero-order valence-electron chi connectivity index (χ0n) is 8.33. The third-order valence-corrected chi connectivity index (χ3v) is 3.08. The van der Waals surface area contributed by atoms with Crippen molar-refractivity contribution in [3.63, 3.8) is 0 Å². The van der Waals surface area contributed by atoms with Gasteiger partial charge in [-0.15, -0.1) is 0 Å². The highest BCUT2D eigenvalue weighted by Gasteiger charge is 2.29. The fourth-order valence-corrected chi connectivity index (χ4v) is 2.03. The molecule has 0 spiro atoms. The second kappa shape index (κ2) is 3.74. The summed E-state index contributed by atoms with van der Waals surface area (Å²) in [6.07, 6.45) is 0.726. The lowest BCUT2D eigenvalue weighted by molar-refractivity contribution is -0.141. The average Bonchev–Trinajstić information content (AvgIpc) is 2.58. The summed E-state index contributed by atoms with van der Waals surface area (Å²) >= 11 is 5.87. The van der Waals surface area contributed by atoms with Crippen molar-refractivity contribution >= 4 is 23.3 Å². The van der Waals surface area contributed by atoms with Gasteiger partial charge in [0.15, 0.2) is 0 Å². The van der Waals surface area contributed by atoms with Crippen molar-refractivity contribution < 1.29 is 9.90 Å². The molecule has 0 amide bonds. The van der Waals surface area contributed by atoms with E-state index in [2.05, 4.69) is 5.32 Å². The molecule has 0 fully saturated rings. The molecule has 3 nitrogen and oxygen atoms in total. The Bertz CT molecular complexity index is 406. The van der Waals surface area contributed by atoms with Crippen molar-refractivity contribution in [3.05, 3.63) is 28.8 Å². The molecule has 4 heteroatoms. The fraction of sp³-hybridized carbons (Fsp3) is 0.364. The number of carboxylic acids is 1.